The molecular weight excluding hydrogens is 260 g/mol. The molecule has 0 bridgehead atoms. The summed E-state index contributed by atoms with van der Waals surface area (Å²) in [6.45, 7) is 8.43. The van der Waals surface area contributed by atoms with Gasteiger partial charge >= 0.3 is 5.69 Å². The second-order valence-corrected chi connectivity index (χ2v) is 5.41. The van der Waals surface area contributed by atoms with Crippen LogP contribution in [0.4, 0.5) is 5.69 Å². The molecule has 0 spiro atoms. The van der Waals surface area contributed by atoms with E-state index in [1.807, 2.05) is 27.7 Å². The zero-order valence-electron chi connectivity index (χ0n) is 12.2. The average molecular weight is 280 g/mol. The van der Waals surface area contributed by atoms with E-state index in [4.69, 9.17) is 0 Å². The van der Waals surface area contributed by atoms with Gasteiger partial charge in [0, 0.05) is 24.2 Å². The SMILES string of the molecule is CC(C)CN(C(=O)c1ccc([N+](=O)[O-])c(O)c1)C(C)C. The number of phenols is 1. The Balaban J connectivity index is 3.06. The molecule has 0 aliphatic carbocycles. The first-order chi connectivity index (χ1) is 9.23. The van der Waals surface area contributed by atoms with E-state index in [0.717, 1.165) is 12.1 Å². The van der Waals surface area contributed by atoms with E-state index in [9.17, 15) is 20.0 Å². The summed E-state index contributed by atoms with van der Waals surface area (Å²) in [4.78, 5) is 24.0. The lowest BCUT2D eigenvalue weighted by molar-refractivity contribution is -0.385. The van der Waals surface area contributed by atoms with Crippen LogP contribution < -0.4 is 0 Å². The van der Waals surface area contributed by atoms with Gasteiger partial charge in [-0.05, 0) is 31.9 Å². The first-order valence-corrected chi connectivity index (χ1v) is 6.52. The molecule has 1 aromatic rings. The Bertz CT molecular complexity index is 512. The first-order valence-electron chi connectivity index (χ1n) is 6.52. The zero-order chi connectivity index (χ0) is 15.4. The van der Waals surface area contributed by atoms with Crippen LogP contribution >= 0.6 is 0 Å². The van der Waals surface area contributed by atoms with E-state index >= 15 is 0 Å². The maximum absolute atomic E-state index is 12.4. The minimum Gasteiger partial charge on any atom is -0.502 e. The van der Waals surface area contributed by atoms with Gasteiger partial charge in [-0.15, -0.1) is 0 Å². The molecule has 0 aliphatic heterocycles. The van der Waals surface area contributed by atoms with E-state index < -0.39 is 16.4 Å². The lowest BCUT2D eigenvalue weighted by atomic mass is 10.1. The number of carbonyl (C=O) groups is 1. The summed E-state index contributed by atoms with van der Waals surface area (Å²) in [5.74, 6) is -0.416. The second kappa shape index (κ2) is 6.36. The molecule has 0 heterocycles. The maximum Gasteiger partial charge on any atom is 0.310 e. The van der Waals surface area contributed by atoms with Crippen LogP contribution in [-0.2, 0) is 0 Å². The summed E-state index contributed by atoms with van der Waals surface area (Å²) in [5, 5.41) is 20.2. The number of rotatable bonds is 5. The van der Waals surface area contributed by atoms with E-state index in [2.05, 4.69) is 0 Å². The van der Waals surface area contributed by atoms with Crippen LogP contribution in [0.25, 0.3) is 0 Å². The number of benzene rings is 1. The van der Waals surface area contributed by atoms with Crippen LogP contribution in [0.1, 0.15) is 38.1 Å². The van der Waals surface area contributed by atoms with Crippen molar-refractivity contribution in [3.05, 3.63) is 33.9 Å². The molecule has 1 N–H and O–H groups in total. The Hall–Kier alpha value is -2.11. The summed E-state index contributed by atoms with van der Waals surface area (Å²) < 4.78 is 0. The molecule has 0 aliphatic rings. The molecule has 1 aromatic carbocycles. The molecule has 6 heteroatoms. The number of hydrogen-bond donors (Lipinski definition) is 1. The first kappa shape index (κ1) is 15.9. The van der Waals surface area contributed by atoms with Crippen molar-refractivity contribution in [3.8, 4) is 5.75 Å². The van der Waals surface area contributed by atoms with Gasteiger partial charge in [0.25, 0.3) is 5.91 Å². The van der Waals surface area contributed by atoms with E-state index in [-0.39, 0.29) is 17.5 Å². The number of amides is 1. The predicted molar refractivity (Wildman–Crippen MR) is 75.8 cm³/mol. The molecule has 0 saturated heterocycles. The number of carbonyl (C=O) groups excluding carboxylic acids is 1. The lowest BCUT2D eigenvalue weighted by Crippen LogP contribution is -2.39. The second-order valence-electron chi connectivity index (χ2n) is 5.41. The fraction of sp³-hybridized carbons (Fsp3) is 0.500. The third kappa shape index (κ3) is 3.69. The van der Waals surface area contributed by atoms with Gasteiger partial charge in [-0.3, -0.25) is 14.9 Å². The normalized spacial score (nSPS) is 10.9. The largest absolute Gasteiger partial charge is 0.502 e. The minimum atomic E-state index is -0.683. The van der Waals surface area contributed by atoms with Crippen molar-refractivity contribution in [2.45, 2.75) is 33.7 Å². The van der Waals surface area contributed by atoms with Crippen molar-refractivity contribution in [3.63, 3.8) is 0 Å². The fourth-order valence-electron chi connectivity index (χ4n) is 1.90. The fourth-order valence-corrected chi connectivity index (χ4v) is 1.90. The molecule has 0 fully saturated rings. The van der Waals surface area contributed by atoms with Crippen molar-refractivity contribution in [2.75, 3.05) is 6.54 Å². The third-order valence-electron chi connectivity index (χ3n) is 2.87. The Kier molecular flexibility index (Phi) is 5.07. The third-order valence-corrected chi connectivity index (χ3v) is 2.87. The zero-order valence-corrected chi connectivity index (χ0v) is 12.2. The summed E-state index contributed by atoms with van der Waals surface area (Å²) in [7, 11) is 0. The molecule has 0 radical (unpaired) electrons. The smallest absolute Gasteiger partial charge is 0.310 e. The lowest BCUT2D eigenvalue weighted by Gasteiger charge is -2.28. The summed E-state index contributed by atoms with van der Waals surface area (Å²) in [6, 6.07) is 3.69. The molecule has 0 saturated carbocycles. The average Bonchev–Trinajstić information content (AvgIpc) is 2.34. The van der Waals surface area contributed by atoms with Gasteiger partial charge in [-0.1, -0.05) is 13.8 Å². The van der Waals surface area contributed by atoms with Crippen molar-refractivity contribution in [2.24, 2.45) is 5.92 Å². The van der Waals surface area contributed by atoms with Crippen molar-refractivity contribution in [1.82, 2.24) is 4.90 Å². The molecule has 0 aromatic heterocycles. The van der Waals surface area contributed by atoms with E-state index in [0.29, 0.717) is 12.5 Å². The molecule has 1 amide bonds. The van der Waals surface area contributed by atoms with Gasteiger partial charge in [-0.25, -0.2) is 0 Å². The quantitative estimate of drug-likeness (QED) is 0.664. The number of nitrogens with zero attached hydrogens (tertiary/aromatic N) is 2. The standard InChI is InChI=1S/C14H20N2O4/c1-9(2)8-15(10(3)4)14(18)11-5-6-12(16(19)20)13(17)7-11/h5-7,9-10,17H,8H2,1-4H3. The molecule has 110 valence electrons. The monoisotopic (exact) mass is 280 g/mol. The molecule has 0 unspecified atom stereocenters. The van der Waals surface area contributed by atoms with Crippen LogP contribution in [-0.4, -0.2) is 33.4 Å². The Morgan fingerprint density at radius 3 is 2.35 bits per heavy atom. The van der Waals surface area contributed by atoms with Gasteiger partial charge in [0.2, 0.25) is 0 Å². The summed E-state index contributed by atoms with van der Waals surface area (Å²) in [6.07, 6.45) is 0. The van der Waals surface area contributed by atoms with Crippen LogP contribution in [0.2, 0.25) is 0 Å². The predicted octanol–water partition coefficient (Wildman–Crippen LogP) is 2.81. The van der Waals surface area contributed by atoms with Crippen molar-refractivity contribution < 1.29 is 14.8 Å². The topological polar surface area (TPSA) is 83.7 Å². The van der Waals surface area contributed by atoms with Crippen molar-refractivity contribution >= 4 is 11.6 Å². The number of phenolic OH excluding ortho intramolecular Hbond substituents is 1. The Morgan fingerprint density at radius 1 is 1.35 bits per heavy atom. The molecule has 20 heavy (non-hydrogen) atoms. The maximum atomic E-state index is 12.4. The highest BCUT2D eigenvalue weighted by atomic mass is 16.6. The van der Waals surface area contributed by atoms with E-state index in [1.54, 1.807) is 4.90 Å². The van der Waals surface area contributed by atoms with Gasteiger partial charge in [-0.2, -0.15) is 0 Å². The van der Waals surface area contributed by atoms with Gasteiger partial charge < -0.3 is 10.0 Å². The highest BCUT2D eigenvalue weighted by Crippen LogP contribution is 2.27. The Labute approximate surface area is 118 Å². The van der Waals surface area contributed by atoms with Gasteiger partial charge in [0.15, 0.2) is 5.75 Å². The highest BCUT2D eigenvalue weighted by molar-refractivity contribution is 5.95. The van der Waals surface area contributed by atoms with Crippen LogP contribution in [0.15, 0.2) is 18.2 Å². The van der Waals surface area contributed by atoms with Crippen molar-refractivity contribution in [1.29, 1.82) is 0 Å². The van der Waals surface area contributed by atoms with E-state index in [1.165, 1.54) is 6.07 Å². The minimum absolute atomic E-state index is 0.0160. The number of nitro benzene ring substituents is 1. The summed E-state index contributed by atoms with van der Waals surface area (Å²) >= 11 is 0. The summed E-state index contributed by atoms with van der Waals surface area (Å²) in [5.41, 5.74) is -0.149. The molecule has 6 nitrogen and oxygen atoms in total. The van der Waals surface area contributed by atoms with Gasteiger partial charge in [0.05, 0.1) is 4.92 Å². The number of hydrogen-bond acceptors (Lipinski definition) is 4. The number of aromatic hydroxyl groups is 1. The molecule has 0 atom stereocenters. The van der Waals surface area contributed by atoms with Crippen LogP contribution in [0.5, 0.6) is 5.75 Å². The number of nitro groups is 1. The van der Waals surface area contributed by atoms with Crippen LogP contribution in [0, 0.1) is 16.0 Å². The van der Waals surface area contributed by atoms with Crippen LogP contribution in [0.3, 0.4) is 0 Å². The Morgan fingerprint density at radius 2 is 1.95 bits per heavy atom. The molecule has 1 rings (SSSR count). The van der Waals surface area contributed by atoms with Gasteiger partial charge in [0.1, 0.15) is 0 Å². The molecular formula is C14H20N2O4. The highest BCUT2D eigenvalue weighted by Gasteiger charge is 2.22.